The fourth-order valence-corrected chi connectivity index (χ4v) is 4.80. The summed E-state index contributed by atoms with van der Waals surface area (Å²) in [6.45, 7) is 4.04. The monoisotopic (exact) mass is 410 g/mol. The molecule has 0 amide bonds. The Bertz CT molecular complexity index is 550. The van der Waals surface area contributed by atoms with Crippen molar-refractivity contribution in [3.8, 4) is 0 Å². The lowest BCUT2D eigenvalue weighted by atomic mass is 10.3. The maximum Gasteiger partial charge on any atom is 0.245 e. The molecule has 0 heterocycles. The summed E-state index contributed by atoms with van der Waals surface area (Å²) >= 11 is 6.52. The second-order valence-electron chi connectivity index (χ2n) is 4.06. The fraction of sp³-hybridized carbons (Fsp3) is 0.333. The van der Waals surface area contributed by atoms with E-state index in [0.717, 1.165) is 17.3 Å². The number of hydrogen-bond donors (Lipinski definition) is 1. The van der Waals surface area contributed by atoms with E-state index in [1.54, 1.807) is 25.3 Å². The SMILES string of the molecule is C=CCCCN(C)S(=O)(=O)c1c(N)cc(Br)cc1Br. The van der Waals surface area contributed by atoms with Crippen LogP contribution in [-0.2, 0) is 10.0 Å². The lowest BCUT2D eigenvalue weighted by Gasteiger charge is -2.19. The molecule has 0 aromatic heterocycles. The van der Waals surface area contributed by atoms with Crippen LogP contribution in [0.15, 0.2) is 38.6 Å². The Hall–Kier alpha value is -0.370. The molecule has 0 radical (unpaired) electrons. The third-order valence-corrected chi connectivity index (χ3v) is 5.91. The van der Waals surface area contributed by atoms with Gasteiger partial charge in [0, 0.05) is 22.5 Å². The molecule has 0 fully saturated rings. The van der Waals surface area contributed by atoms with Gasteiger partial charge in [-0.1, -0.05) is 22.0 Å². The number of sulfonamides is 1. The van der Waals surface area contributed by atoms with Gasteiger partial charge in [0.05, 0.1) is 5.69 Å². The summed E-state index contributed by atoms with van der Waals surface area (Å²) in [5, 5.41) is 0. The molecule has 1 aromatic rings. The van der Waals surface area contributed by atoms with Crippen molar-refractivity contribution in [2.24, 2.45) is 0 Å². The molecule has 0 saturated carbocycles. The van der Waals surface area contributed by atoms with Gasteiger partial charge >= 0.3 is 0 Å². The predicted octanol–water partition coefficient (Wildman–Crippen LogP) is 3.38. The van der Waals surface area contributed by atoms with Gasteiger partial charge in [-0.15, -0.1) is 6.58 Å². The van der Waals surface area contributed by atoms with Crippen molar-refractivity contribution in [1.29, 1.82) is 0 Å². The number of benzene rings is 1. The molecule has 0 aliphatic rings. The molecule has 4 nitrogen and oxygen atoms in total. The lowest BCUT2D eigenvalue weighted by Crippen LogP contribution is -2.29. The highest BCUT2D eigenvalue weighted by Gasteiger charge is 2.25. The maximum absolute atomic E-state index is 12.5. The molecule has 0 bridgehead atoms. The maximum atomic E-state index is 12.5. The first-order chi connectivity index (χ1) is 8.80. The van der Waals surface area contributed by atoms with E-state index in [0.29, 0.717) is 11.0 Å². The second-order valence-corrected chi connectivity index (χ2v) is 7.82. The van der Waals surface area contributed by atoms with Crippen LogP contribution in [0.2, 0.25) is 0 Å². The van der Waals surface area contributed by atoms with Crippen molar-refractivity contribution >= 4 is 47.6 Å². The van der Waals surface area contributed by atoms with Crippen LogP contribution in [0.4, 0.5) is 5.69 Å². The normalized spacial score (nSPS) is 11.8. The van der Waals surface area contributed by atoms with E-state index in [1.807, 2.05) is 0 Å². The van der Waals surface area contributed by atoms with Crippen LogP contribution in [0, 0.1) is 0 Å². The van der Waals surface area contributed by atoms with E-state index < -0.39 is 10.0 Å². The average Bonchev–Trinajstić information content (AvgIpc) is 2.27. The van der Waals surface area contributed by atoms with Gasteiger partial charge in [0.2, 0.25) is 10.0 Å². The highest BCUT2D eigenvalue weighted by molar-refractivity contribution is 9.11. The van der Waals surface area contributed by atoms with Crippen molar-refractivity contribution in [3.63, 3.8) is 0 Å². The summed E-state index contributed by atoms with van der Waals surface area (Å²) in [5.41, 5.74) is 6.04. The van der Waals surface area contributed by atoms with Crippen LogP contribution in [0.25, 0.3) is 0 Å². The number of nitrogens with two attached hydrogens (primary N) is 1. The molecular formula is C12H16Br2N2O2S. The Morgan fingerprint density at radius 3 is 2.58 bits per heavy atom. The molecule has 0 aliphatic carbocycles. The zero-order chi connectivity index (χ0) is 14.6. The van der Waals surface area contributed by atoms with E-state index in [4.69, 9.17) is 5.73 Å². The van der Waals surface area contributed by atoms with Gasteiger partial charge in [0.1, 0.15) is 4.90 Å². The van der Waals surface area contributed by atoms with Crippen LogP contribution in [0.3, 0.4) is 0 Å². The van der Waals surface area contributed by atoms with E-state index in [1.165, 1.54) is 4.31 Å². The van der Waals surface area contributed by atoms with Crippen LogP contribution in [0.1, 0.15) is 12.8 Å². The second kappa shape index (κ2) is 6.88. The van der Waals surface area contributed by atoms with Gasteiger partial charge in [-0.2, -0.15) is 0 Å². The Kier molecular flexibility index (Phi) is 6.04. The molecule has 0 unspecified atom stereocenters. The molecule has 19 heavy (non-hydrogen) atoms. The minimum atomic E-state index is -3.59. The first-order valence-electron chi connectivity index (χ1n) is 5.62. The number of nitrogens with zero attached hydrogens (tertiary/aromatic N) is 1. The lowest BCUT2D eigenvalue weighted by molar-refractivity contribution is 0.463. The summed E-state index contributed by atoms with van der Waals surface area (Å²) in [4.78, 5) is 0.108. The Balaban J connectivity index is 3.10. The smallest absolute Gasteiger partial charge is 0.245 e. The topological polar surface area (TPSA) is 63.4 Å². The molecule has 106 valence electrons. The number of allylic oxidation sites excluding steroid dienone is 1. The Labute approximate surface area is 131 Å². The number of halogens is 2. The Morgan fingerprint density at radius 2 is 2.05 bits per heavy atom. The number of anilines is 1. The highest BCUT2D eigenvalue weighted by Crippen LogP contribution is 2.33. The van der Waals surface area contributed by atoms with E-state index in [9.17, 15) is 8.42 Å². The standard InChI is InChI=1S/C12H16Br2N2O2S/c1-3-4-5-6-16(2)19(17,18)12-10(14)7-9(13)8-11(12)15/h3,7-8H,1,4-6,15H2,2H3. The van der Waals surface area contributed by atoms with E-state index >= 15 is 0 Å². The van der Waals surface area contributed by atoms with Crippen molar-refractivity contribution in [2.75, 3.05) is 19.3 Å². The van der Waals surface area contributed by atoms with E-state index in [-0.39, 0.29) is 10.6 Å². The van der Waals surface area contributed by atoms with Gasteiger partial charge in [-0.3, -0.25) is 0 Å². The van der Waals surface area contributed by atoms with Crippen molar-refractivity contribution in [1.82, 2.24) is 4.31 Å². The number of unbranched alkanes of at least 4 members (excludes halogenated alkanes) is 1. The molecule has 1 rings (SSSR count). The van der Waals surface area contributed by atoms with Crippen molar-refractivity contribution in [3.05, 3.63) is 33.7 Å². The fourth-order valence-electron chi connectivity index (χ4n) is 1.59. The summed E-state index contributed by atoms with van der Waals surface area (Å²) in [5.74, 6) is 0. The predicted molar refractivity (Wildman–Crippen MR) is 85.5 cm³/mol. The summed E-state index contributed by atoms with van der Waals surface area (Å²) in [6.07, 6.45) is 3.27. The number of hydrogen-bond acceptors (Lipinski definition) is 3. The van der Waals surface area contributed by atoms with Crippen LogP contribution >= 0.6 is 31.9 Å². The minimum Gasteiger partial charge on any atom is -0.398 e. The zero-order valence-corrected chi connectivity index (χ0v) is 14.6. The van der Waals surface area contributed by atoms with Gasteiger partial charge in [-0.25, -0.2) is 12.7 Å². The molecule has 7 heteroatoms. The summed E-state index contributed by atoms with van der Waals surface area (Å²) < 4.78 is 27.4. The summed E-state index contributed by atoms with van der Waals surface area (Å²) in [6, 6.07) is 3.25. The zero-order valence-electron chi connectivity index (χ0n) is 10.6. The molecular weight excluding hydrogens is 396 g/mol. The van der Waals surface area contributed by atoms with Gasteiger partial charge in [0.15, 0.2) is 0 Å². The minimum absolute atomic E-state index is 0.108. The molecule has 0 aliphatic heterocycles. The molecule has 0 saturated heterocycles. The van der Waals surface area contributed by atoms with Crippen molar-refractivity contribution in [2.45, 2.75) is 17.7 Å². The number of rotatable bonds is 6. The average molecular weight is 412 g/mol. The largest absolute Gasteiger partial charge is 0.398 e. The molecule has 0 atom stereocenters. The third kappa shape index (κ3) is 4.05. The van der Waals surface area contributed by atoms with Gasteiger partial charge in [0.25, 0.3) is 0 Å². The molecule has 0 spiro atoms. The molecule has 2 N–H and O–H groups in total. The highest BCUT2D eigenvalue weighted by atomic mass is 79.9. The van der Waals surface area contributed by atoms with Crippen molar-refractivity contribution < 1.29 is 8.42 Å². The van der Waals surface area contributed by atoms with Gasteiger partial charge in [-0.05, 0) is 40.9 Å². The van der Waals surface area contributed by atoms with Crippen LogP contribution in [0.5, 0.6) is 0 Å². The molecule has 1 aromatic carbocycles. The van der Waals surface area contributed by atoms with E-state index in [2.05, 4.69) is 38.4 Å². The summed E-state index contributed by atoms with van der Waals surface area (Å²) in [7, 11) is -2.04. The van der Waals surface area contributed by atoms with Crippen LogP contribution in [-0.4, -0.2) is 26.3 Å². The first-order valence-corrected chi connectivity index (χ1v) is 8.65. The Morgan fingerprint density at radius 1 is 1.42 bits per heavy atom. The quantitative estimate of drug-likeness (QED) is 0.443. The first kappa shape index (κ1) is 16.7. The third-order valence-electron chi connectivity index (χ3n) is 2.59. The van der Waals surface area contributed by atoms with Crippen LogP contribution < -0.4 is 5.73 Å². The number of nitrogen functional groups attached to an aromatic ring is 1. The van der Waals surface area contributed by atoms with Gasteiger partial charge < -0.3 is 5.73 Å².